The van der Waals surface area contributed by atoms with Crippen LogP contribution in [0.4, 0.5) is 5.82 Å². The molecule has 0 unspecified atom stereocenters. The highest BCUT2D eigenvalue weighted by molar-refractivity contribution is 5.38. The molecule has 1 aromatic heterocycles. The van der Waals surface area contributed by atoms with Crippen LogP contribution in [0.25, 0.3) is 0 Å². The summed E-state index contributed by atoms with van der Waals surface area (Å²) in [5.41, 5.74) is 0.591. The first-order chi connectivity index (χ1) is 8.17. The van der Waals surface area contributed by atoms with Crippen molar-refractivity contribution >= 4 is 5.82 Å². The second-order valence-electron chi connectivity index (χ2n) is 4.19. The third kappa shape index (κ3) is 4.41. The van der Waals surface area contributed by atoms with Crippen LogP contribution in [0.15, 0.2) is 18.3 Å². The number of aromatic nitrogens is 1. The lowest BCUT2D eigenvalue weighted by Crippen LogP contribution is -2.34. The maximum atomic E-state index is 8.65. The van der Waals surface area contributed by atoms with Crippen LogP contribution in [0.2, 0.25) is 0 Å². The van der Waals surface area contributed by atoms with Gasteiger partial charge in [-0.3, -0.25) is 4.90 Å². The van der Waals surface area contributed by atoms with Crippen molar-refractivity contribution in [1.29, 1.82) is 5.26 Å². The number of nitrogens with one attached hydrogen (secondary N) is 1. The van der Waals surface area contributed by atoms with E-state index in [0.717, 1.165) is 25.5 Å². The maximum absolute atomic E-state index is 8.65. The lowest BCUT2D eigenvalue weighted by atomic mass is 10.3. The van der Waals surface area contributed by atoms with Gasteiger partial charge in [0, 0.05) is 25.3 Å². The smallest absolute Gasteiger partial charge is 0.126 e. The molecule has 0 radical (unpaired) electrons. The molecule has 0 aliphatic rings. The monoisotopic (exact) mass is 232 g/mol. The van der Waals surface area contributed by atoms with Crippen LogP contribution in [0.3, 0.4) is 0 Å². The van der Waals surface area contributed by atoms with Gasteiger partial charge in [-0.2, -0.15) is 5.26 Å². The van der Waals surface area contributed by atoms with E-state index in [0.29, 0.717) is 11.6 Å². The van der Waals surface area contributed by atoms with Gasteiger partial charge >= 0.3 is 0 Å². The van der Waals surface area contributed by atoms with Crippen LogP contribution in [-0.2, 0) is 0 Å². The van der Waals surface area contributed by atoms with Gasteiger partial charge in [-0.25, -0.2) is 4.98 Å². The van der Waals surface area contributed by atoms with Crippen LogP contribution in [0.1, 0.15) is 26.3 Å². The third-order valence-electron chi connectivity index (χ3n) is 2.73. The van der Waals surface area contributed by atoms with Crippen molar-refractivity contribution in [3.63, 3.8) is 0 Å². The summed E-state index contributed by atoms with van der Waals surface area (Å²) in [6.07, 6.45) is 1.59. The minimum atomic E-state index is 0.565. The number of nitriles is 1. The van der Waals surface area contributed by atoms with E-state index in [2.05, 4.69) is 42.0 Å². The molecule has 0 saturated heterocycles. The topological polar surface area (TPSA) is 52.0 Å². The molecule has 1 N–H and O–H groups in total. The van der Waals surface area contributed by atoms with Crippen molar-refractivity contribution in [1.82, 2.24) is 9.88 Å². The lowest BCUT2D eigenvalue weighted by Gasteiger charge is -2.24. The number of rotatable bonds is 6. The molecule has 4 heteroatoms. The molecule has 1 aromatic rings. The highest BCUT2D eigenvalue weighted by atomic mass is 15.2. The van der Waals surface area contributed by atoms with E-state index in [4.69, 9.17) is 5.26 Å². The molecule has 0 saturated carbocycles. The van der Waals surface area contributed by atoms with Crippen molar-refractivity contribution in [3.8, 4) is 6.07 Å². The zero-order valence-corrected chi connectivity index (χ0v) is 10.8. The molecule has 1 heterocycles. The summed E-state index contributed by atoms with van der Waals surface area (Å²) < 4.78 is 0. The normalized spacial score (nSPS) is 10.6. The maximum Gasteiger partial charge on any atom is 0.126 e. The van der Waals surface area contributed by atoms with Gasteiger partial charge in [0.2, 0.25) is 0 Å². The molecular formula is C13H20N4. The van der Waals surface area contributed by atoms with Crippen LogP contribution in [0.5, 0.6) is 0 Å². The van der Waals surface area contributed by atoms with Crippen LogP contribution >= 0.6 is 0 Å². The van der Waals surface area contributed by atoms with Crippen LogP contribution < -0.4 is 5.32 Å². The second-order valence-corrected chi connectivity index (χ2v) is 4.19. The first-order valence-corrected chi connectivity index (χ1v) is 6.01. The largest absolute Gasteiger partial charge is 0.369 e. The minimum Gasteiger partial charge on any atom is -0.369 e. The summed E-state index contributed by atoms with van der Waals surface area (Å²) in [6, 6.07) is 6.23. The molecule has 0 fully saturated rings. The van der Waals surface area contributed by atoms with Gasteiger partial charge in [0.15, 0.2) is 0 Å². The number of pyridine rings is 1. The van der Waals surface area contributed by atoms with Crippen molar-refractivity contribution in [2.75, 3.05) is 25.0 Å². The van der Waals surface area contributed by atoms with Crippen LogP contribution in [-0.4, -0.2) is 35.6 Å². The molecule has 0 aliphatic carbocycles. The second kappa shape index (κ2) is 6.87. The Morgan fingerprint density at radius 2 is 2.24 bits per heavy atom. The van der Waals surface area contributed by atoms with E-state index in [9.17, 15) is 0 Å². The van der Waals surface area contributed by atoms with Crippen molar-refractivity contribution in [3.05, 3.63) is 23.9 Å². The van der Waals surface area contributed by atoms with Crippen LogP contribution in [0, 0.1) is 11.3 Å². The number of hydrogen-bond donors (Lipinski definition) is 1. The van der Waals surface area contributed by atoms with Gasteiger partial charge in [0.05, 0.1) is 5.56 Å². The Balaban J connectivity index is 2.37. The minimum absolute atomic E-state index is 0.565. The summed E-state index contributed by atoms with van der Waals surface area (Å²) in [4.78, 5) is 6.55. The standard InChI is InChI=1S/C13H20N4/c1-4-17(11(2)3)8-7-15-13-6-5-12(9-14)10-16-13/h5-6,10-11H,4,7-8H2,1-3H3,(H,15,16). The summed E-state index contributed by atoms with van der Waals surface area (Å²) in [5, 5.41) is 11.9. The van der Waals surface area contributed by atoms with Crippen molar-refractivity contribution < 1.29 is 0 Å². The lowest BCUT2D eigenvalue weighted by molar-refractivity contribution is 0.243. The Labute approximate surface area is 103 Å². The van der Waals surface area contributed by atoms with Gasteiger partial charge in [-0.1, -0.05) is 6.92 Å². The summed E-state index contributed by atoms with van der Waals surface area (Å²) in [7, 11) is 0. The Hall–Kier alpha value is -1.60. The van der Waals surface area contributed by atoms with Gasteiger partial charge in [0.1, 0.15) is 11.9 Å². The fourth-order valence-electron chi connectivity index (χ4n) is 1.67. The zero-order valence-electron chi connectivity index (χ0n) is 10.8. The third-order valence-corrected chi connectivity index (χ3v) is 2.73. The molecule has 4 nitrogen and oxygen atoms in total. The van der Waals surface area contributed by atoms with Gasteiger partial charge < -0.3 is 5.32 Å². The van der Waals surface area contributed by atoms with Crippen molar-refractivity contribution in [2.45, 2.75) is 26.8 Å². The van der Waals surface area contributed by atoms with E-state index in [1.54, 1.807) is 12.3 Å². The van der Waals surface area contributed by atoms with Gasteiger partial charge in [-0.05, 0) is 32.5 Å². The molecule has 1 rings (SSSR count). The molecule has 0 aliphatic heterocycles. The SMILES string of the molecule is CCN(CCNc1ccc(C#N)cn1)C(C)C. The Morgan fingerprint density at radius 1 is 1.47 bits per heavy atom. The average molecular weight is 232 g/mol. The number of hydrogen-bond acceptors (Lipinski definition) is 4. The summed E-state index contributed by atoms with van der Waals surface area (Å²) in [6.45, 7) is 9.48. The summed E-state index contributed by atoms with van der Waals surface area (Å²) in [5.74, 6) is 0.823. The molecule has 0 bridgehead atoms. The number of anilines is 1. The molecule has 0 amide bonds. The van der Waals surface area contributed by atoms with Gasteiger partial charge in [-0.15, -0.1) is 0 Å². The first kappa shape index (κ1) is 13.5. The van der Waals surface area contributed by atoms with E-state index in [1.165, 1.54) is 0 Å². The van der Waals surface area contributed by atoms with E-state index < -0.39 is 0 Å². The average Bonchev–Trinajstić information content (AvgIpc) is 2.35. The van der Waals surface area contributed by atoms with E-state index >= 15 is 0 Å². The zero-order chi connectivity index (χ0) is 12.7. The molecule has 0 spiro atoms. The Morgan fingerprint density at radius 3 is 2.71 bits per heavy atom. The summed E-state index contributed by atoms with van der Waals surface area (Å²) >= 11 is 0. The molecular weight excluding hydrogens is 212 g/mol. The molecule has 17 heavy (non-hydrogen) atoms. The molecule has 0 atom stereocenters. The quantitative estimate of drug-likeness (QED) is 0.816. The number of nitrogens with zero attached hydrogens (tertiary/aromatic N) is 3. The Kier molecular flexibility index (Phi) is 5.44. The predicted octanol–water partition coefficient (Wildman–Crippen LogP) is 2.10. The Bertz CT molecular complexity index is 364. The predicted molar refractivity (Wildman–Crippen MR) is 69.8 cm³/mol. The van der Waals surface area contributed by atoms with Crippen molar-refractivity contribution in [2.24, 2.45) is 0 Å². The number of likely N-dealkylation sites (N-methyl/N-ethyl adjacent to an activating group) is 1. The molecule has 0 aromatic carbocycles. The molecule has 92 valence electrons. The van der Waals surface area contributed by atoms with E-state index in [1.807, 2.05) is 6.07 Å². The fourth-order valence-corrected chi connectivity index (χ4v) is 1.67. The first-order valence-electron chi connectivity index (χ1n) is 6.01. The van der Waals surface area contributed by atoms with Gasteiger partial charge in [0.25, 0.3) is 0 Å². The highest BCUT2D eigenvalue weighted by Gasteiger charge is 2.05. The van der Waals surface area contributed by atoms with E-state index in [-0.39, 0.29) is 0 Å². The fraction of sp³-hybridized carbons (Fsp3) is 0.538. The highest BCUT2D eigenvalue weighted by Crippen LogP contribution is 2.04.